The summed E-state index contributed by atoms with van der Waals surface area (Å²) in [7, 11) is 0. The van der Waals surface area contributed by atoms with Crippen LogP contribution in [0.1, 0.15) is 99.8 Å². The molecule has 0 aromatic carbocycles. The van der Waals surface area contributed by atoms with E-state index in [2.05, 4.69) is 27.7 Å². The van der Waals surface area contributed by atoms with Gasteiger partial charge in [0.2, 0.25) is 0 Å². The molecule has 4 aliphatic carbocycles. The molecule has 37 heavy (non-hydrogen) atoms. The van der Waals surface area contributed by atoms with E-state index in [-0.39, 0.29) is 40.1 Å². The lowest BCUT2D eigenvalue weighted by Crippen LogP contribution is -2.65. The van der Waals surface area contributed by atoms with Crippen LogP contribution >= 0.6 is 0 Å². The van der Waals surface area contributed by atoms with Crippen LogP contribution in [0.15, 0.2) is 22.8 Å². The Labute approximate surface area is 222 Å². The molecule has 0 saturated heterocycles. The molecular formula is C31H48O6. The third kappa shape index (κ3) is 4.40. The highest BCUT2D eigenvalue weighted by molar-refractivity contribution is 5.88. The third-order valence-corrected chi connectivity index (χ3v) is 11.6. The fraction of sp³-hybridized carbons (Fsp3) is 0.806. The fourth-order valence-corrected chi connectivity index (χ4v) is 9.79. The first-order chi connectivity index (χ1) is 17.2. The van der Waals surface area contributed by atoms with Crippen molar-refractivity contribution in [2.24, 2.45) is 39.9 Å². The number of rotatable bonds is 5. The van der Waals surface area contributed by atoms with Gasteiger partial charge in [0.15, 0.2) is 0 Å². The van der Waals surface area contributed by atoms with Crippen molar-refractivity contribution < 1.29 is 29.6 Å². The van der Waals surface area contributed by atoms with Gasteiger partial charge >= 0.3 is 11.9 Å². The molecule has 0 amide bonds. The first-order valence-corrected chi connectivity index (χ1v) is 14.3. The van der Waals surface area contributed by atoms with Crippen LogP contribution in [0.4, 0.5) is 0 Å². The van der Waals surface area contributed by atoms with Gasteiger partial charge in [-0.15, -0.1) is 0 Å². The topological polar surface area (TPSA) is 104 Å². The van der Waals surface area contributed by atoms with Gasteiger partial charge in [0, 0.05) is 12.5 Å². The summed E-state index contributed by atoms with van der Waals surface area (Å²) in [6.45, 7) is 14.5. The summed E-state index contributed by atoms with van der Waals surface area (Å²) < 4.78 is 5.87. The van der Waals surface area contributed by atoms with E-state index in [9.17, 15) is 24.9 Å². The summed E-state index contributed by atoms with van der Waals surface area (Å²) in [6, 6.07) is 0. The average Bonchev–Trinajstić information content (AvgIpc) is 3.05. The molecule has 0 aliphatic heterocycles. The number of allylic oxidation sites excluding steroid dienone is 2. The van der Waals surface area contributed by atoms with Gasteiger partial charge in [-0.25, -0.2) is 4.79 Å². The van der Waals surface area contributed by atoms with E-state index >= 15 is 0 Å². The van der Waals surface area contributed by atoms with Crippen molar-refractivity contribution in [1.29, 1.82) is 0 Å². The first-order valence-electron chi connectivity index (χ1n) is 14.3. The number of fused-ring (bicyclic) bond motifs is 5. The largest absolute Gasteiger partial charge is 0.478 e. The number of carboxylic acid groups (broad SMARTS) is 1. The molecule has 10 atom stereocenters. The zero-order chi connectivity index (χ0) is 27.5. The molecule has 4 rings (SSSR count). The van der Waals surface area contributed by atoms with Crippen LogP contribution in [0.25, 0.3) is 0 Å². The zero-order valence-electron chi connectivity index (χ0n) is 23.8. The molecule has 4 aliphatic rings. The summed E-state index contributed by atoms with van der Waals surface area (Å²) in [4.78, 5) is 24.8. The summed E-state index contributed by atoms with van der Waals surface area (Å²) in [5.41, 5.74) is 1.57. The fourth-order valence-electron chi connectivity index (χ4n) is 9.79. The van der Waals surface area contributed by atoms with E-state index in [1.54, 1.807) is 0 Å². The Morgan fingerprint density at radius 3 is 2.30 bits per heavy atom. The van der Waals surface area contributed by atoms with Gasteiger partial charge in [0.25, 0.3) is 0 Å². The number of hydrogen-bond donors (Lipinski definition) is 3. The Morgan fingerprint density at radius 1 is 1.03 bits per heavy atom. The lowest BCUT2D eigenvalue weighted by molar-refractivity contribution is -0.234. The number of carboxylic acids is 1. The summed E-state index contributed by atoms with van der Waals surface area (Å²) in [6.07, 6.45) is 6.22. The van der Waals surface area contributed by atoms with Gasteiger partial charge in [-0.2, -0.15) is 0 Å². The predicted octanol–water partition coefficient (Wildman–Crippen LogP) is 5.67. The van der Waals surface area contributed by atoms with E-state index in [0.717, 1.165) is 36.8 Å². The summed E-state index contributed by atoms with van der Waals surface area (Å²) in [5.74, 6) is -0.909. The summed E-state index contributed by atoms with van der Waals surface area (Å²) in [5, 5.41) is 32.9. The molecule has 208 valence electrons. The standard InChI is InChI=1S/C31H48O6/c1-17(2)9-8-10-20(28(35)36)26-22-15-24(34)27-29(5)13-12-23(33)18(3)21(29)11-14-30(27,6)31(22,7)16-25(26)37-19(4)32/h9,18,21-25,27,33-34H,8,10-16H2,1-7H3,(H,35,36)/b26-20-/t18?,21?,22?,23?,24-,25+,27?,29+,30+,31+/m1/s1. The Hall–Kier alpha value is -1.66. The van der Waals surface area contributed by atoms with Crippen LogP contribution in [0, 0.1) is 39.9 Å². The van der Waals surface area contributed by atoms with Crippen molar-refractivity contribution in [2.45, 2.75) is 118 Å². The monoisotopic (exact) mass is 516 g/mol. The molecule has 6 heteroatoms. The Balaban J connectivity index is 1.82. The molecular weight excluding hydrogens is 468 g/mol. The number of carbonyl (C=O) groups is 2. The van der Waals surface area contributed by atoms with Gasteiger partial charge in [-0.05, 0) is 111 Å². The van der Waals surface area contributed by atoms with E-state index in [1.165, 1.54) is 6.92 Å². The van der Waals surface area contributed by atoms with Gasteiger partial charge in [-0.3, -0.25) is 4.79 Å². The van der Waals surface area contributed by atoms with Crippen LogP contribution in [0.2, 0.25) is 0 Å². The minimum Gasteiger partial charge on any atom is -0.478 e. The first kappa shape index (κ1) is 28.4. The number of esters is 1. The van der Waals surface area contributed by atoms with Crippen molar-refractivity contribution in [3.63, 3.8) is 0 Å². The number of hydrogen-bond acceptors (Lipinski definition) is 5. The maximum atomic E-state index is 12.6. The van der Waals surface area contributed by atoms with E-state index < -0.39 is 24.1 Å². The lowest BCUT2D eigenvalue weighted by Gasteiger charge is -2.69. The molecule has 0 spiro atoms. The predicted molar refractivity (Wildman–Crippen MR) is 143 cm³/mol. The Morgan fingerprint density at radius 2 is 1.70 bits per heavy atom. The smallest absolute Gasteiger partial charge is 0.331 e. The van der Waals surface area contributed by atoms with Crippen molar-refractivity contribution >= 4 is 11.9 Å². The van der Waals surface area contributed by atoms with Crippen LogP contribution in [-0.2, 0) is 14.3 Å². The van der Waals surface area contributed by atoms with Crippen LogP contribution in [-0.4, -0.2) is 45.6 Å². The quantitative estimate of drug-likeness (QED) is 0.247. The van der Waals surface area contributed by atoms with Crippen molar-refractivity contribution in [2.75, 3.05) is 0 Å². The van der Waals surface area contributed by atoms with Crippen molar-refractivity contribution in [3.05, 3.63) is 22.8 Å². The van der Waals surface area contributed by atoms with Crippen LogP contribution in [0.3, 0.4) is 0 Å². The number of aliphatic hydroxyl groups is 2. The third-order valence-electron chi connectivity index (χ3n) is 11.6. The summed E-state index contributed by atoms with van der Waals surface area (Å²) >= 11 is 0. The molecule has 4 saturated carbocycles. The van der Waals surface area contributed by atoms with E-state index in [0.29, 0.717) is 37.2 Å². The second-order valence-electron chi connectivity index (χ2n) is 13.6. The van der Waals surface area contributed by atoms with E-state index in [4.69, 9.17) is 4.74 Å². The highest BCUT2D eigenvalue weighted by Crippen LogP contribution is 2.74. The van der Waals surface area contributed by atoms with Crippen molar-refractivity contribution in [3.8, 4) is 0 Å². The highest BCUT2D eigenvalue weighted by atomic mass is 16.5. The molecule has 0 heterocycles. The van der Waals surface area contributed by atoms with Gasteiger partial charge in [-0.1, -0.05) is 39.3 Å². The number of aliphatic carboxylic acids is 1. The Kier molecular flexibility index (Phi) is 7.53. The van der Waals surface area contributed by atoms with Crippen LogP contribution in [0.5, 0.6) is 0 Å². The minimum atomic E-state index is -0.953. The van der Waals surface area contributed by atoms with Gasteiger partial charge in [0.05, 0.1) is 12.2 Å². The number of carbonyl (C=O) groups excluding carboxylic acids is 1. The van der Waals surface area contributed by atoms with E-state index in [1.807, 2.05) is 19.9 Å². The maximum Gasteiger partial charge on any atom is 0.331 e. The molecule has 0 radical (unpaired) electrons. The maximum absolute atomic E-state index is 12.6. The molecule has 3 N–H and O–H groups in total. The minimum absolute atomic E-state index is 0.0474. The molecule has 6 nitrogen and oxygen atoms in total. The second kappa shape index (κ2) is 9.82. The van der Waals surface area contributed by atoms with Gasteiger partial charge in [0.1, 0.15) is 6.10 Å². The number of ether oxygens (including phenoxy) is 1. The second-order valence-corrected chi connectivity index (χ2v) is 13.6. The zero-order valence-corrected chi connectivity index (χ0v) is 23.8. The van der Waals surface area contributed by atoms with Crippen LogP contribution < -0.4 is 0 Å². The average molecular weight is 517 g/mol. The molecule has 4 fully saturated rings. The van der Waals surface area contributed by atoms with Gasteiger partial charge < -0.3 is 20.1 Å². The molecule has 5 unspecified atom stereocenters. The SMILES string of the molecule is CC(=O)O[C@H]1C[C@@]2(C)C(C[C@@H](O)C3[C@@]4(C)CCC(O)C(C)C4CC[C@@]32C)/C1=C(\CCC=C(C)C)C(=O)O. The molecule has 0 bridgehead atoms. The highest BCUT2D eigenvalue weighted by Gasteiger charge is 2.70. The lowest BCUT2D eigenvalue weighted by atomic mass is 9.36. The normalized spacial score (nSPS) is 46.2. The molecule has 0 aromatic heterocycles. The van der Waals surface area contributed by atoms with Crippen molar-refractivity contribution in [1.82, 2.24) is 0 Å². The molecule has 0 aromatic rings. The number of aliphatic hydroxyl groups excluding tert-OH is 2. The Bertz CT molecular complexity index is 994.